The molecule has 110 valence electrons. The maximum absolute atomic E-state index is 11.5. The summed E-state index contributed by atoms with van der Waals surface area (Å²) in [6.07, 6.45) is 3.37. The number of nitrogens with zero attached hydrogens (tertiary/aromatic N) is 2. The third-order valence-corrected chi connectivity index (χ3v) is 3.35. The molecule has 1 atom stereocenters. The van der Waals surface area contributed by atoms with Crippen LogP contribution in [0.1, 0.15) is 40.3 Å². The molecule has 0 bridgehead atoms. The normalized spacial score (nSPS) is 11.8. The summed E-state index contributed by atoms with van der Waals surface area (Å²) in [5.74, 6) is -0.331. The van der Waals surface area contributed by atoms with E-state index in [9.17, 15) is 4.79 Å². The van der Waals surface area contributed by atoms with Gasteiger partial charge in [-0.2, -0.15) is 0 Å². The van der Waals surface area contributed by atoms with Gasteiger partial charge in [0.1, 0.15) is 0 Å². The number of ether oxygens (including phenoxy) is 1. The highest BCUT2D eigenvalue weighted by atomic mass is 16.5. The van der Waals surface area contributed by atoms with E-state index in [1.165, 1.54) is 7.11 Å². The van der Waals surface area contributed by atoms with Crippen molar-refractivity contribution in [2.45, 2.75) is 26.8 Å². The van der Waals surface area contributed by atoms with Crippen molar-refractivity contribution in [1.29, 1.82) is 0 Å². The number of hydrogen-bond acceptors (Lipinski definition) is 5. The molecule has 2 aromatic rings. The second kappa shape index (κ2) is 6.35. The number of carbonyl (C=O) groups is 1. The number of aryl methyl sites for hydroxylation is 2. The Morgan fingerprint density at radius 2 is 1.95 bits per heavy atom. The molecule has 0 radical (unpaired) electrons. The third-order valence-electron chi connectivity index (χ3n) is 3.35. The van der Waals surface area contributed by atoms with Gasteiger partial charge in [-0.1, -0.05) is 0 Å². The number of aromatic nitrogens is 2. The zero-order valence-corrected chi connectivity index (χ0v) is 12.7. The van der Waals surface area contributed by atoms with E-state index in [1.54, 1.807) is 18.5 Å². The van der Waals surface area contributed by atoms with Crippen LogP contribution in [0.5, 0.6) is 0 Å². The topological polar surface area (TPSA) is 64.1 Å². The van der Waals surface area contributed by atoms with Crippen LogP contribution < -0.4 is 5.32 Å². The second-order valence-electron chi connectivity index (χ2n) is 4.91. The molecular weight excluding hydrogens is 266 g/mol. The highest BCUT2D eigenvalue weighted by molar-refractivity contribution is 5.90. The van der Waals surface area contributed by atoms with Crippen molar-refractivity contribution in [3.63, 3.8) is 0 Å². The minimum absolute atomic E-state index is 0.0291. The number of benzene rings is 1. The minimum atomic E-state index is -0.331. The Morgan fingerprint density at radius 1 is 1.24 bits per heavy atom. The molecule has 0 aliphatic rings. The Morgan fingerprint density at radius 3 is 2.57 bits per heavy atom. The molecule has 1 heterocycles. The van der Waals surface area contributed by atoms with E-state index in [0.29, 0.717) is 5.56 Å². The monoisotopic (exact) mass is 285 g/mol. The highest BCUT2D eigenvalue weighted by Crippen LogP contribution is 2.23. The highest BCUT2D eigenvalue weighted by Gasteiger charge is 2.13. The smallest absolute Gasteiger partial charge is 0.337 e. The summed E-state index contributed by atoms with van der Waals surface area (Å²) in [5, 5.41) is 3.40. The molecule has 0 fully saturated rings. The van der Waals surface area contributed by atoms with Crippen LogP contribution in [-0.4, -0.2) is 23.0 Å². The van der Waals surface area contributed by atoms with Crippen molar-refractivity contribution in [3.8, 4) is 0 Å². The van der Waals surface area contributed by atoms with Crippen molar-refractivity contribution >= 4 is 11.7 Å². The van der Waals surface area contributed by atoms with Crippen LogP contribution in [0, 0.1) is 13.8 Å². The first-order valence-electron chi connectivity index (χ1n) is 6.76. The molecule has 0 spiro atoms. The Kier molecular flexibility index (Phi) is 4.52. The summed E-state index contributed by atoms with van der Waals surface area (Å²) in [4.78, 5) is 20.1. The lowest BCUT2D eigenvalue weighted by molar-refractivity contribution is 0.0600. The fourth-order valence-corrected chi connectivity index (χ4v) is 2.22. The summed E-state index contributed by atoms with van der Waals surface area (Å²) in [6, 6.07) is 5.47. The van der Waals surface area contributed by atoms with Gasteiger partial charge in [-0.25, -0.2) is 4.79 Å². The van der Waals surface area contributed by atoms with Crippen LogP contribution in [-0.2, 0) is 4.74 Å². The molecule has 0 saturated carbocycles. The molecule has 0 saturated heterocycles. The molecule has 5 heteroatoms. The van der Waals surface area contributed by atoms with E-state index < -0.39 is 0 Å². The Labute approximate surface area is 124 Å². The SMILES string of the molecule is COC(=O)c1ccc(NC(C)c2nccnc2C)c(C)c1. The lowest BCUT2D eigenvalue weighted by Gasteiger charge is -2.18. The van der Waals surface area contributed by atoms with Gasteiger partial charge < -0.3 is 10.1 Å². The van der Waals surface area contributed by atoms with Crippen LogP contribution in [0.2, 0.25) is 0 Å². The van der Waals surface area contributed by atoms with Gasteiger partial charge in [-0.15, -0.1) is 0 Å². The molecule has 21 heavy (non-hydrogen) atoms. The van der Waals surface area contributed by atoms with Crippen LogP contribution in [0.25, 0.3) is 0 Å². The Hall–Kier alpha value is -2.43. The summed E-state index contributed by atoms with van der Waals surface area (Å²) >= 11 is 0. The predicted octanol–water partition coefficient (Wildman–Crippen LogP) is 3.05. The van der Waals surface area contributed by atoms with Crippen LogP contribution in [0.15, 0.2) is 30.6 Å². The van der Waals surface area contributed by atoms with Gasteiger partial charge in [-0.3, -0.25) is 9.97 Å². The largest absolute Gasteiger partial charge is 0.465 e. The van der Waals surface area contributed by atoms with Crippen molar-refractivity contribution in [2.24, 2.45) is 0 Å². The van der Waals surface area contributed by atoms with Gasteiger partial charge in [0.2, 0.25) is 0 Å². The molecule has 1 unspecified atom stereocenters. The van der Waals surface area contributed by atoms with Crippen LogP contribution >= 0.6 is 0 Å². The molecule has 2 rings (SSSR count). The quantitative estimate of drug-likeness (QED) is 0.875. The van der Waals surface area contributed by atoms with E-state index in [0.717, 1.165) is 22.6 Å². The maximum atomic E-state index is 11.5. The number of methoxy groups -OCH3 is 1. The van der Waals surface area contributed by atoms with Gasteiger partial charge in [0, 0.05) is 18.1 Å². The predicted molar refractivity (Wildman–Crippen MR) is 81.3 cm³/mol. The number of hydrogen-bond donors (Lipinski definition) is 1. The minimum Gasteiger partial charge on any atom is -0.465 e. The number of anilines is 1. The molecule has 5 nitrogen and oxygen atoms in total. The summed E-state index contributed by atoms with van der Waals surface area (Å²) < 4.78 is 4.72. The average Bonchev–Trinajstić information content (AvgIpc) is 2.48. The fraction of sp³-hybridized carbons (Fsp3) is 0.312. The van der Waals surface area contributed by atoms with E-state index in [2.05, 4.69) is 15.3 Å². The lowest BCUT2D eigenvalue weighted by atomic mass is 10.1. The Balaban J connectivity index is 2.20. The van der Waals surface area contributed by atoms with Crippen molar-refractivity contribution < 1.29 is 9.53 Å². The van der Waals surface area contributed by atoms with Gasteiger partial charge in [0.05, 0.1) is 30.1 Å². The first-order valence-corrected chi connectivity index (χ1v) is 6.76. The summed E-state index contributed by atoms with van der Waals surface area (Å²) in [6.45, 7) is 5.92. The number of carbonyl (C=O) groups excluding carboxylic acids is 1. The van der Waals surface area contributed by atoms with Gasteiger partial charge in [0.15, 0.2) is 0 Å². The van der Waals surface area contributed by atoms with E-state index >= 15 is 0 Å². The zero-order chi connectivity index (χ0) is 15.4. The van der Waals surface area contributed by atoms with Crippen molar-refractivity contribution in [1.82, 2.24) is 9.97 Å². The molecule has 0 aliphatic carbocycles. The average molecular weight is 285 g/mol. The molecule has 0 amide bonds. The Bertz CT molecular complexity index is 656. The maximum Gasteiger partial charge on any atom is 0.337 e. The first-order chi connectivity index (χ1) is 10.0. The third kappa shape index (κ3) is 3.37. The standard InChI is InChI=1S/C16H19N3O2/c1-10-9-13(16(20)21-4)5-6-14(10)19-12(3)15-11(2)17-7-8-18-15/h5-9,12,19H,1-4H3. The number of nitrogens with one attached hydrogen (secondary N) is 1. The van der Waals surface area contributed by atoms with E-state index in [-0.39, 0.29) is 12.0 Å². The van der Waals surface area contributed by atoms with E-state index in [4.69, 9.17) is 4.74 Å². The van der Waals surface area contributed by atoms with Gasteiger partial charge >= 0.3 is 5.97 Å². The first kappa shape index (κ1) is 15.0. The van der Waals surface area contributed by atoms with E-state index in [1.807, 2.05) is 32.9 Å². The van der Waals surface area contributed by atoms with Gasteiger partial charge in [0.25, 0.3) is 0 Å². The van der Waals surface area contributed by atoms with Crippen LogP contribution in [0.3, 0.4) is 0 Å². The van der Waals surface area contributed by atoms with Gasteiger partial charge in [-0.05, 0) is 44.5 Å². The zero-order valence-electron chi connectivity index (χ0n) is 12.7. The molecule has 1 aromatic heterocycles. The summed E-state index contributed by atoms with van der Waals surface area (Å²) in [5.41, 5.74) is 4.30. The van der Waals surface area contributed by atoms with Crippen molar-refractivity contribution in [3.05, 3.63) is 53.1 Å². The molecule has 1 aromatic carbocycles. The lowest BCUT2D eigenvalue weighted by Crippen LogP contribution is -2.12. The number of esters is 1. The second-order valence-corrected chi connectivity index (χ2v) is 4.91. The molecular formula is C16H19N3O2. The fourth-order valence-electron chi connectivity index (χ4n) is 2.22. The molecule has 0 aliphatic heterocycles. The molecule has 1 N–H and O–H groups in total. The van der Waals surface area contributed by atoms with Crippen molar-refractivity contribution in [2.75, 3.05) is 12.4 Å². The number of rotatable bonds is 4. The van der Waals surface area contributed by atoms with Crippen LogP contribution in [0.4, 0.5) is 5.69 Å². The summed E-state index contributed by atoms with van der Waals surface area (Å²) in [7, 11) is 1.38.